The Kier molecular flexibility index (Phi) is 7.32. The summed E-state index contributed by atoms with van der Waals surface area (Å²) in [5.41, 5.74) is 3.37. The summed E-state index contributed by atoms with van der Waals surface area (Å²) in [7, 11) is 0. The van der Waals surface area contributed by atoms with Gasteiger partial charge in [-0.3, -0.25) is 5.32 Å². The molecule has 1 fully saturated rings. The number of piperidine rings is 1. The third-order valence-corrected chi connectivity index (χ3v) is 6.38. The fraction of sp³-hybridized carbons (Fsp3) is 0.241. The van der Waals surface area contributed by atoms with Gasteiger partial charge in [-0.1, -0.05) is 66.7 Å². The number of rotatable bonds is 7. The predicted octanol–water partition coefficient (Wildman–Crippen LogP) is 5.65. The summed E-state index contributed by atoms with van der Waals surface area (Å²) in [5, 5.41) is 8.57. The lowest BCUT2D eigenvalue weighted by atomic mass is 9.87. The minimum Gasteiger partial charge on any atom is -0.444 e. The Bertz CT molecular complexity index is 1260. The minimum absolute atomic E-state index is 0.0986. The van der Waals surface area contributed by atoms with Crippen LogP contribution in [0.2, 0.25) is 0 Å². The van der Waals surface area contributed by atoms with Gasteiger partial charge in [0.05, 0.1) is 12.7 Å². The number of hydrogen-bond donors (Lipinski definition) is 2. The quantitative estimate of drug-likeness (QED) is 0.368. The zero-order chi connectivity index (χ0) is 23.9. The first-order valence-corrected chi connectivity index (χ1v) is 12.0. The highest BCUT2D eigenvalue weighted by Gasteiger charge is 2.27. The van der Waals surface area contributed by atoms with Crippen molar-refractivity contribution in [2.45, 2.75) is 31.7 Å². The topological polar surface area (TPSA) is 72.5 Å². The van der Waals surface area contributed by atoms with Crippen LogP contribution in [0.25, 0.3) is 10.8 Å². The monoisotopic (exact) mass is 467 g/mol. The van der Waals surface area contributed by atoms with Crippen molar-refractivity contribution in [2.24, 2.45) is 0 Å². The van der Waals surface area contributed by atoms with Crippen LogP contribution < -0.4 is 10.6 Å². The molecule has 2 N–H and O–H groups in total. The fourth-order valence-corrected chi connectivity index (χ4v) is 4.51. The predicted molar refractivity (Wildman–Crippen MR) is 137 cm³/mol. The second kappa shape index (κ2) is 11.1. The number of carbonyl (C=O) groups excluding carboxylic acids is 1. The molecule has 2 heterocycles. The van der Waals surface area contributed by atoms with Gasteiger partial charge >= 0.3 is 6.09 Å². The molecule has 5 rings (SSSR count). The molecule has 4 aromatic rings. The zero-order valence-corrected chi connectivity index (χ0v) is 19.5. The number of pyridine rings is 1. The smallest absolute Gasteiger partial charge is 0.413 e. The molecule has 6 nitrogen and oxygen atoms in total. The Balaban J connectivity index is 1.17. The molecule has 3 aromatic carbocycles. The summed E-state index contributed by atoms with van der Waals surface area (Å²) in [5.74, 6) is 0.785. The number of nitrogens with one attached hydrogen (secondary N) is 2. The van der Waals surface area contributed by atoms with E-state index in [0.29, 0.717) is 18.3 Å². The standard InChI is InChI=1S/C29H29N3O3/c33-29(32-28-7-3-4-15-31-28)35-19-21-8-12-24(13-9-21)26-14-16-30-18-27(26)34-20-22-10-11-23-5-1-2-6-25(23)17-22/h1-13,15,17,26-27,30H,14,16,18-20H2,(H,31,32,33). The van der Waals surface area contributed by atoms with Crippen molar-refractivity contribution >= 4 is 22.7 Å². The summed E-state index contributed by atoms with van der Waals surface area (Å²) in [4.78, 5) is 16.1. The lowest BCUT2D eigenvalue weighted by molar-refractivity contribution is 0.0106. The van der Waals surface area contributed by atoms with Crippen LogP contribution in [0.3, 0.4) is 0 Å². The summed E-state index contributed by atoms with van der Waals surface area (Å²) in [6.45, 7) is 2.59. The summed E-state index contributed by atoms with van der Waals surface area (Å²) in [6, 6.07) is 28.5. The maximum absolute atomic E-state index is 12.0. The number of nitrogens with zero attached hydrogens (tertiary/aromatic N) is 1. The molecule has 1 aliphatic rings. The van der Waals surface area contributed by atoms with Gasteiger partial charge in [-0.15, -0.1) is 0 Å². The largest absolute Gasteiger partial charge is 0.444 e. The first-order valence-electron chi connectivity index (χ1n) is 12.0. The van der Waals surface area contributed by atoms with E-state index in [-0.39, 0.29) is 12.7 Å². The molecule has 0 aliphatic carbocycles. The van der Waals surface area contributed by atoms with Crippen LogP contribution in [-0.4, -0.2) is 30.3 Å². The molecule has 0 spiro atoms. The van der Waals surface area contributed by atoms with Crippen molar-refractivity contribution in [3.63, 3.8) is 0 Å². The molecule has 1 amide bonds. The first kappa shape index (κ1) is 23.0. The van der Waals surface area contributed by atoms with E-state index in [1.165, 1.54) is 21.9 Å². The molecular weight excluding hydrogens is 438 g/mol. The van der Waals surface area contributed by atoms with Crippen LogP contribution in [0, 0.1) is 0 Å². The maximum Gasteiger partial charge on any atom is 0.413 e. The van der Waals surface area contributed by atoms with Crippen molar-refractivity contribution in [1.82, 2.24) is 10.3 Å². The van der Waals surface area contributed by atoms with E-state index >= 15 is 0 Å². The summed E-state index contributed by atoms with van der Waals surface area (Å²) >= 11 is 0. The molecule has 35 heavy (non-hydrogen) atoms. The Morgan fingerprint density at radius 1 is 0.914 bits per heavy atom. The van der Waals surface area contributed by atoms with Crippen LogP contribution in [0.15, 0.2) is 91.1 Å². The molecule has 0 saturated carbocycles. The Hall–Kier alpha value is -3.74. The molecule has 2 unspecified atom stereocenters. The first-order chi connectivity index (χ1) is 17.2. The van der Waals surface area contributed by atoms with Gasteiger partial charge in [-0.2, -0.15) is 0 Å². The third kappa shape index (κ3) is 6.04. The highest BCUT2D eigenvalue weighted by atomic mass is 16.5. The number of aromatic nitrogens is 1. The van der Waals surface area contributed by atoms with Crippen LogP contribution in [0.4, 0.5) is 10.6 Å². The number of amides is 1. The Morgan fingerprint density at radius 3 is 2.54 bits per heavy atom. The molecule has 6 heteroatoms. The van der Waals surface area contributed by atoms with Crippen molar-refractivity contribution in [1.29, 1.82) is 0 Å². The summed E-state index contributed by atoms with van der Waals surface area (Å²) in [6.07, 6.45) is 2.22. The summed E-state index contributed by atoms with van der Waals surface area (Å²) < 4.78 is 11.7. The SMILES string of the molecule is O=C(Nc1ccccn1)OCc1ccc(C2CCNCC2OCc2ccc3ccccc3c2)cc1. The molecule has 0 bridgehead atoms. The van der Waals surface area contributed by atoms with E-state index in [1.54, 1.807) is 24.4 Å². The van der Waals surface area contributed by atoms with E-state index in [4.69, 9.17) is 9.47 Å². The van der Waals surface area contributed by atoms with E-state index < -0.39 is 6.09 Å². The van der Waals surface area contributed by atoms with Crippen molar-refractivity contribution in [3.05, 3.63) is 108 Å². The normalized spacial score (nSPS) is 17.7. The number of benzene rings is 3. The van der Waals surface area contributed by atoms with E-state index in [0.717, 1.165) is 25.1 Å². The van der Waals surface area contributed by atoms with Gasteiger partial charge in [0.25, 0.3) is 0 Å². The maximum atomic E-state index is 12.0. The molecule has 1 aliphatic heterocycles. The van der Waals surface area contributed by atoms with Crippen LogP contribution in [0.1, 0.15) is 29.0 Å². The lowest BCUT2D eigenvalue weighted by Gasteiger charge is -2.32. The highest BCUT2D eigenvalue weighted by Crippen LogP contribution is 2.29. The van der Waals surface area contributed by atoms with Gasteiger partial charge < -0.3 is 14.8 Å². The number of hydrogen-bond acceptors (Lipinski definition) is 5. The number of ether oxygens (including phenoxy) is 2. The van der Waals surface area contributed by atoms with E-state index in [1.807, 2.05) is 12.1 Å². The van der Waals surface area contributed by atoms with Crippen molar-refractivity contribution < 1.29 is 14.3 Å². The molecule has 1 aromatic heterocycles. The van der Waals surface area contributed by atoms with Gasteiger partial charge in [-0.25, -0.2) is 9.78 Å². The molecular formula is C29H29N3O3. The second-order valence-electron chi connectivity index (χ2n) is 8.79. The average Bonchev–Trinajstić information content (AvgIpc) is 2.92. The Labute approximate surface area is 205 Å². The number of anilines is 1. The number of fused-ring (bicyclic) bond motifs is 1. The van der Waals surface area contributed by atoms with E-state index in [9.17, 15) is 4.79 Å². The van der Waals surface area contributed by atoms with Crippen molar-refractivity contribution in [2.75, 3.05) is 18.4 Å². The van der Waals surface area contributed by atoms with Gasteiger partial charge in [0.15, 0.2) is 0 Å². The van der Waals surface area contributed by atoms with E-state index in [2.05, 4.69) is 70.2 Å². The minimum atomic E-state index is -0.520. The van der Waals surface area contributed by atoms with Gasteiger partial charge in [0.2, 0.25) is 0 Å². The molecule has 0 radical (unpaired) electrons. The molecule has 2 atom stereocenters. The second-order valence-corrected chi connectivity index (χ2v) is 8.79. The number of carbonyl (C=O) groups is 1. The third-order valence-electron chi connectivity index (χ3n) is 6.38. The van der Waals surface area contributed by atoms with Crippen molar-refractivity contribution in [3.8, 4) is 0 Å². The van der Waals surface area contributed by atoms with Gasteiger partial charge in [-0.05, 0) is 58.6 Å². The molecule has 1 saturated heterocycles. The zero-order valence-electron chi connectivity index (χ0n) is 19.5. The average molecular weight is 468 g/mol. The van der Waals surface area contributed by atoms with Crippen LogP contribution in [-0.2, 0) is 22.7 Å². The Morgan fingerprint density at radius 2 is 1.71 bits per heavy atom. The van der Waals surface area contributed by atoms with Gasteiger partial charge in [0, 0.05) is 18.7 Å². The lowest BCUT2D eigenvalue weighted by Crippen LogP contribution is -2.40. The highest BCUT2D eigenvalue weighted by molar-refractivity contribution is 5.83. The fourth-order valence-electron chi connectivity index (χ4n) is 4.51. The molecule has 178 valence electrons. The van der Waals surface area contributed by atoms with Crippen LogP contribution in [0.5, 0.6) is 0 Å². The van der Waals surface area contributed by atoms with Gasteiger partial charge in [0.1, 0.15) is 12.4 Å². The van der Waals surface area contributed by atoms with Crippen LogP contribution >= 0.6 is 0 Å².